The molecule has 0 bridgehead atoms. The maximum absolute atomic E-state index is 13.0. The van der Waals surface area contributed by atoms with Crippen molar-refractivity contribution in [2.75, 3.05) is 26.9 Å². The van der Waals surface area contributed by atoms with Crippen molar-refractivity contribution in [2.45, 2.75) is 33.2 Å². The maximum Gasteiger partial charge on any atom is 0.295 e. The van der Waals surface area contributed by atoms with Crippen molar-refractivity contribution in [1.29, 1.82) is 0 Å². The fourth-order valence-electron chi connectivity index (χ4n) is 3.86. The van der Waals surface area contributed by atoms with Gasteiger partial charge in [-0.15, -0.1) is 0 Å². The maximum atomic E-state index is 13.0. The minimum absolute atomic E-state index is 0.0263. The molecule has 0 radical (unpaired) electrons. The van der Waals surface area contributed by atoms with E-state index in [-0.39, 0.29) is 17.1 Å². The number of phenolic OH excluding ortho intramolecular Hbond substituents is 1. The number of hydrogen-bond acceptors (Lipinski definition) is 6. The Labute approximate surface area is 194 Å². The zero-order chi connectivity index (χ0) is 24.1. The highest BCUT2D eigenvalue weighted by molar-refractivity contribution is 6.46. The lowest BCUT2D eigenvalue weighted by Gasteiger charge is -2.25. The number of aliphatic hydroxyl groups is 1. The Kier molecular flexibility index (Phi) is 7.76. The van der Waals surface area contributed by atoms with Gasteiger partial charge < -0.3 is 24.6 Å². The molecular weight excluding hydrogens is 422 g/mol. The molecule has 0 aromatic heterocycles. The monoisotopic (exact) mass is 453 g/mol. The third-order valence-corrected chi connectivity index (χ3v) is 5.52. The molecule has 0 saturated carbocycles. The van der Waals surface area contributed by atoms with E-state index < -0.39 is 17.7 Å². The molecule has 0 spiro atoms. The van der Waals surface area contributed by atoms with Gasteiger partial charge >= 0.3 is 0 Å². The Hall–Kier alpha value is -3.32. The summed E-state index contributed by atoms with van der Waals surface area (Å²) in [6.45, 7) is 7.28. The molecule has 1 aliphatic rings. The van der Waals surface area contributed by atoms with Crippen LogP contribution in [0.15, 0.2) is 48.0 Å². The molecule has 7 nitrogen and oxygen atoms in total. The number of rotatable bonds is 9. The van der Waals surface area contributed by atoms with Crippen LogP contribution < -0.4 is 4.74 Å². The van der Waals surface area contributed by atoms with Crippen LogP contribution in [0.25, 0.3) is 5.76 Å². The number of carbonyl (C=O) groups is 2. The molecule has 3 rings (SSSR count). The van der Waals surface area contributed by atoms with Gasteiger partial charge in [-0.3, -0.25) is 9.59 Å². The van der Waals surface area contributed by atoms with Gasteiger partial charge in [0, 0.05) is 25.8 Å². The molecule has 176 valence electrons. The number of carbonyl (C=O) groups excluding carboxylic acids is 2. The second-order valence-corrected chi connectivity index (χ2v) is 8.62. The van der Waals surface area contributed by atoms with Gasteiger partial charge in [0.15, 0.2) is 0 Å². The van der Waals surface area contributed by atoms with E-state index in [4.69, 9.17) is 9.47 Å². The van der Waals surface area contributed by atoms with E-state index in [1.165, 1.54) is 17.0 Å². The van der Waals surface area contributed by atoms with Crippen LogP contribution in [0.2, 0.25) is 0 Å². The van der Waals surface area contributed by atoms with Crippen molar-refractivity contribution < 1.29 is 29.3 Å². The van der Waals surface area contributed by atoms with Crippen molar-refractivity contribution in [3.63, 3.8) is 0 Å². The number of nitrogens with zero attached hydrogens (tertiary/aromatic N) is 1. The quantitative estimate of drug-likeness (QED) is 0.256. The molecule has 1 heterocycles. The molecule has 1 amide bonds. The van der Waals surface area contributed by atoms with Crippen molar-refractivity contribution in [1.82, 2.24) is 4.90 Å². The summed E-state index contributed by atoms with van der Waals surface area (Å²) in [7, 11) is 1.57. The summed E-state index contributed by atoms with van der Waals surface area (Å²) in [5, 5.41) is 20.9. The van der Waals surface area contributed by atoms with E-state index in [1.807, 2.05) is 6.92 Å². The smallest absolute Gasteiger partial charge is 0.295 e. The number of aryl methyl sites for hydroxylation is 1. The van der Waals surface area contributed by atoms with E-state index in [0.717, 1.165) is 5.56 Å². The summed E-state index contributed by atoms with van der Waals surface area (Å²) in [6.07, 6.45) is 0.541. The third-order valence-electron chi connectivity index (χ3n) is 5.52. The number of aromatic hydroxyl groups is 1. The highest BCUT2D eigenvalue weighted by Crippen LogP contribution is 2.40. The Morgan fingerprint density at radius 1 is 1.12 bits per heavy atom. The normalized spacial score (nSPS) is 17.7. The van der Waals surface area contributed by atoms with Crippen molar-refractivity contribution >= 4 is 17.4 Å². The number of aliphatic hydroxyl groups excluding tert-OH is 1. The summed E-state index contributed by atoms with van der Waals surface area (Å²) in [5.41, 5.74) is 1.90. The number of benzene rings is 2. The van der Waals surface area contributed by atoms with Crippen molar-refractivity contribution in [3.8, 4) is 11.5 Å². The zero-order valence-corrected chi connectivity index (χ0v) is 19.5. The van der Waals surface area contributed by atoms with Gasteiger partial charge in [-0.05, 0) is 60.7 Å². The van der Waals surface area contributed by atoms with Crippen LogP contribution in [0.3, 0.4) is 0 Å². The molecule has 0 aliphatic carbocycles. The number of amides is 1. The largest absolute Gasteiger partial charge is 0.508 e. The van der Waals surface area contributed by atoms with Gasteiger partial charge in [-0.1, -0.05) is 26.0 Å². The van der Waals surface area contributed by atoms with Gasteiger partial charge in [0.1, 0.15) is 17.3 Å². The summed E-state index contributed by atoms with van der Waals surface area (Å²) in [6, 6.07) is 10.7. The number of hydrogen-bond donors (Lipinski definition) is 2. The summed E-state index contributed by atoms with van der Waals surface area (Å²) in [5.74, 6) is -0.491. The van der Waals surface area contributed by atoms with E-state index in [9.17, 15) is 19.8 Å². The molecule has 33 heavy (non-hydrogen) atoms. The van der Waals surface area contributed by atoms with Crippen LogP contribution in [0.5, 0.6) is 11.5 Å². The first-order valence-corrected chi connectivity index (χ1v) is 11.0. The molecule has 1 aliphatic heterocycles. The third kappa shape index (κ3) is 5.37. The van der Waals surface area contributed by atoms with Crippen LogP contribution in [-0.4, -0.2) is 53.7 Å². The first-order chi connectivity index (χ1) is 15.7. The SMILES string of the molecule is COCCCN1C(=O)C(=O)/C(=C(/O)c2ccc(OCC(C)C)c(C)c2)C1c1ccc(O)cc1. The fourth-order valence-corrected chi connectivity index (χ4v) is 3.86. The average molecular weight is 454 g/mol. The molecule has 1 unspecified atom stereocenters. The second-order valence-electron chi connectivity index (χ2n) is 8.62. The Balaban J connectivity index is 2.04. The number of ether oxygens (including phenoxy) is 2. The predicted octanol–water partition coefficient (Wildman–Crippen LogP) is 4.19. The number of methoxy groups -OCH3 is 1. The van der Waals surface area contributed by atoms with Gasteiger partial charge in [0.25, 0.3) is 11.7 Å². The summed E-state index contributed by atoms with van der Waals surface area (Å²) < 4.78 is 10.9. The molecule has 1 atom stereocenters. The van der Waals surface area contributed by atoms with Crippen LogP contribution in [0, 0.1) is 12.8 Å². The van der Waals surface area contributed by atoms with Crippen molar-refractivity contribution in [2.24, 2.45) is 5.92 Å². The average Bonchev–Trinajstić information content (AvgIpc) is 3.03. The van der Waals surface area contributed by atoms with Gasteiger partial charge in [-0.25, -0.2) is 0 Å². The van der Waals surface area contributed by atoms with E-state index >= 15 is 0 Å². The Bertz CT molecular complexity index is 1040. The van der Waals surface area contributed by atoms with Gasteiger partial charge in [0.05, 0.1) is 18.2 Å². The molecule has 2 aromatic carbocycles. The van der Waals surface area contributed by atoms with E-state index in [0.29, 0.717) is 49.0 Å². The molecule has 2 aromatic rings. The minimum atomic E-state index is -0.764. The highest BCUT2D eigenvalue weighted by Gasteiger charge is 2.45. The molecule has 1 saturated heterocycles. The molecular formula is C26H31NO6. The van der Waals surface area contributed by atoms with Crippen molar-refractivity contribution in [3.05, 3.63) is 64.7 Å². The topological polar surface area (TPSA) is 96.3 Å². The standard InChI is InChI=1S/C26H31NO6/c1-16(2)15-33-21-11-8-19(14-17(21)3)24(29)22-23(18-6-9-20(28)10-7-18)27(12-5-13-32-4)26(31)25(22)30/h6-11,14,16,23,28-29H,5,12-13,15H2,1-4H3/b24-22+. The Morgan fingerprint density at radius 2 is 1.82 bits per heavy atom. The van der Waals surface area contributed by atoms with Gasteiger partial charge in [-0.2, -0.15) is 0 Å². The Morgan fingerprint density at radius 3 is 2.42 bits per heavy atom. The molecule has 1 fully saturated rings. The first kappa shape index (κ1) is 24.3. The molecule has 2 N–H and O–H groups in total. The predicted molar refractivity (Wildman–Crippen MR) is 125 cm³/mol. The fraction of sp³-hybridized carbons (Fsp3) is 0.385. The lowest BCUT2D eigenvalue weighted by atomic mass is 9.94. The number of phenols is 1. The highest BCUT2D eigenvalue weighted by atomic mass is 16.5. The van der Waals surface area contributed by atoms with Crippen LogP contribution in [0.1, 0.15) is 43.0 Å². The lowest BCUT2D eigenvalue weighted by Crippen LogP contribution is -2.31. The number of ketones is 1. The minimum Gasteiger partial charge on any atom is -0.508 e. The summed E-state index contributed by atoms with van der Waals surface area (Å²) in [4.78, 5) is 27.4. The number of Topliss-reactive ketones (excluding diaryl/α,β-unsaturated/α-hetero) is 1. The second kappa shape index (κ2) is 10.5. The first-order valence-electron chi connectivity index (χ1n) is 11.0. The summed E-state index contributed by atoms with van der Waals surface area (Å²) >= 11 is 0. The van der Waals surface area contributed by atoms with E-state index in [1.54, 1.807) is 37.4 Å². The van der Waals surface area contributed by atoms with Crippen LogP contribution >= 0.6 is 0 Å². The lowest BCUT2D eigenvalue weighted by molar-refractivity contribution is -0.140. The van der Waals surface area contributed by atoms with Crippen LogP contribution in [0.4, 0.5) is 0 Å². The molecule has 7 heteroatoms. The zero-order valence-electron chi connectivity index (χ0n) is 19.5. The van der Waals surface area contributed by atoms with Crippen LogP contribution in [-0.2, 0) is 14.3 Å². The van der Waals surface area contributed by atoms with Gasteiger partial charge in [0.2, 0.25) is 0 Å². The number of likely N-dealkylation sites (tertiary alicyclic amines) is 1. The van der Waals surface area contributed by atoms with E-state index in [2.05, 4.69) is 13.8 Å².